The van der Waals surface area contributed by atoms with Crippen LogP contribution in [0, 0.1) is 0 Å². The van der Waals surface area contributed by atoms with E-state index >= 15 is 0 Å². The van der Waals surface area contributed by atoms with Crippen molar-refractivity contribution in [2.45, 2.75) is 13.0 Å². The van der Waals surface area contributed by atoms with Gasteiger partial charge in [-0.1, -0.05) is 0 Å². The average Bonchev–Trinajstić information content (AvgIpc) is 2.18. The van der Waals surface area contributed by atoms with Gasteiger partial charge in [-0.3, -0.25) is 4.79 Å². The van der Waals surface area contributed by atoms with E-state index in [0.717, 1.165) is 0 Å². The Balaban J connectivity index is 2.79. The number of pyridine rings is 1. The number of rotatable bonds is 5. The Labute approximate surface area is 88.6 Å². The molecule has 0 bridgehead atoms. The molecule has 0 saturated carbocycles. The minimum atomic E-state index is -0.533. The van der Waals surface area contributed by atoms with Gasteiger partial charge in [-0.2, -0.15) is 0 Å². The van der Waals surface area contributed by atoms with Crippen LogP contribution in [0.4, 0.5) is 0 Å². The highest BCUT2D eigenvalue weighted by molar-refractivity contribution is 5.94. The van der Waals surface area contributed by atoms with Gasteiger partial charge in [-0.15, -0.1) is 0 Å². The Morgan fingerprint density at radius 2 is 2.47 bits per heavy atom. The number of amides is 1. The average molecular weight is 209 g/mol. The van der Waals surface area contributed by atoms with Crippen molar-refractivity contribution in [3.05, 3.63) is 23.9 Å². The Morgan fingerprint density at radius 1 is 1.73 bits per heavy atom. The zero-order valence-corrected chi connectivity index (χ0v) is 8.86. The zero-order valence-electron chi connectivity index (χ0n) is 8.86. The summed E-state index contributed by atoms with van der Waals surface area (Å²) in [4.78, 5) is 15.0. The van der Waals surface area contributed by atoms with Gasteiger partial charge in [0.15, 0.2) is 0 Å². The second kappa shape index (κ2) is 5.31. The number of carbonyl (C=O) groups is 1. The molecule has 3 N–H and O–H groups in total. The molecule has 1 atom stereocenters. The number of likely N-dealkylation sites (N-methyl/N-ethyl adjacent to an activating group) is 1. The number of nitrogens with zero attached hydrogens (tertiary/aromatic N) is 1. The number of hydrogen-bond donors (Lipinski definition) is 2. The smallest absolute Gasteiger partial charge is 0.254 e. The van der Waals surface area contributed by atoms with Crippen molar-refractivity contribution in [3.63, 3.8) is 0 Å². The highest BCUT2D eigenvalue weighted by Crippen LogP contribution is 2.14. The summed E-state index contributed by atoms with van der Waals surface area (Å²) in [7, 11) is 1.83. The number of hydrogen-bond acceptors (Lipinski definition) is 4. The van der Waals surface area contributed by atoms with Gasteiger partial charge in [0.25, 0.3) is 5.91 Å². The first-order chi connectivity index (χ1) is 7.15. The van der Waals surface area contributed by atoms with Crippen molar-refractivity contribution < 1.29 is 9.53 Å². The van der Waals surface area contributed by atoms with Crippen molar-refractivity contribution in [2.24, 2.45) is 5.73 Å². The molecule has 15 heavy (non-hydrogen) atoms. The standard InChI is InChI=1S/C10H15N3O2/c1-7(6-12-2)15-10-8(9(11)14)4-3-5-13-10/h3-5,7,12H,6H2,1-2H3,(H2,11,14). The summed E-state index contributed by atoms with van der Waals surface area (Å²) in [5.41, 5.74) is 5.50. The third-order valence-electron chi connectivity index (χ3n) is 1.84. The topological polar surface area (TPSA) is 77.2 Å². The van der Waals surface area contributed by atoms with Crippen molar-refractivity contribution in [3.8, 4) is 5.88 Å². The van der Waals surface area contributed by atoms with Crippen LogP contribution in [0.15, 0.2) is 18.3 Å². The molecule has 82 valence electrons. The number of carbonyl (C=O) groups excluding carboxylic acids is 1. The predicted molar refractivity (Wildman–Crippen MR) is 56.8 cm³/mol. The van der Waals surface area contributed by atoms with E-state index in [4.69, 9.17) is 10.5 Å². The van der Waals surface area contributed by atoms with E-state index in [9.17, 15) is 4.79 Å². The molecule has 0 aromatic carbocycles. The quantitative estimate of drug-likeness (QED) is 0.724. The molecule has 0 fully saturated rings. The van der Waals surface area contributed by atoms with Crippen molar-refractivity contribution in [1.82, 2.24) is 10.3 Å². The minimum absolute atomic E-state index is 0.0667. The van der Waals surface area contributed by atoms with E-state index in [0.29, 0.717) is 12.1 Å². The molecule has 5 nitrogen and oxygen atoms in total. The van der Waals surface area contributed by atoms with Gasteiger partial charge in [0.05, 0.1) is 0 Å². The van der Waals surface area contributed by atoms with Crippen molar-refractivity contribution >= 4 is 5.91 Å². The van der Waals surface area contributed by atoms with Crippen LogP contribution in [0.5, 0.6) is 5.88 Å². The van der Waals surface area contributed by atoms with E-state index < -0.39 is 5.91 Å². The molecule has 1 amide bonds. The Hall–Kier alpha value is -1.62. The molecule has 0 saturated heterocycles. The third kappa shape index (κ3) is 3.21. The monoisotopic (exact) mass is 209 g/mol. The lowest BCUT2D eigenvalue weighted by atomic mass is 10.2. The molecular weight excluding hydrogens is 194 g/mol. The van der Waals surface area contributed by atoms with E-state index in [2.05, 4.69) is 10.3 Å². The van der Waals surface area contributed by atoms with Crippen LogP contribution < -0.4 is 15.8 Å². The van der Waals surface area contributed by atoms with Gasteiger partial charge in [-0.25, -0.2) is 4.98 Å². The molecule has 0 aliphatic rings. The van der Waals surface area contributed by atoms with Gasteiger partial charge in [0.1, 0.15) is 11.7 Å². The Kier molecular flexibility index (Phi) is 4.05. The van der Waals surface area contributed by atoms with Crippen LogP contribution in [0.1, 0.15) is 17.3 Å². The zero-order chi connectivity index (χ0) is 11.3. The molecule has 0 spiro atoms. The first-order valence-corrected chi connectivity index (χ1v) is 4.71. The summed E-state index contributed by atoms with van der Waals surface area (Å²) >= 11 is 0. The summed E-state index contributed by atoms with van der Waals surface area (Å²) in [6.07, 6.45) is 1.50. The first kappa shape index (κ1) is 11.5. The highest BCUT2D eigenvalue weighted by atomic mass is 16.5. The fourth-order valence-electron chi connectivity index (χ4n) is 1.19. The van der Waals surface area contributed by atoms with Crippen LogP contribution in [-0.2, 0) is 0 Å². The molecule has 5 heteroatoms. The minimum Gasteiger partial charge on any atom is -0.473 e. The Bertz CT molecular complexity index is 341. The lowest BCUT2D eigenvalue weighted by Gasteiger charge is -2.14. The van der Waals surface area contributed by atoms with E-state index in [1.165, 1.54) is 0 Å². The van der Waals surface area contributed by atoms with Crippen molar-refractivity contribution in [1.29, 1.82) is 0 Å². The molecule has 1 heterocycles. The number of primary amides is 1. The van der Waals surface area contributed by atoms with E-state index in [-0.39, 0.29) is 12.0 Å². The van der Waals surface area contributed by atoms with Gasteiger partial charge in [0.2, 0.25) is 5.88 Å². The van der Waals surface area contributed by atoms with Crippen LogP contribution in [0.25, 0.3) is 0 Å². The maximum absolute atomic E-state index is 11.0. The summed E-state index contributed by atoms with van der Waals surface area (Å²) in [5, 5.41) is 2.97. The maximum atomic E-state index is 11.0. The molecule has 0 aliphatic carbocycles. The van der Waals surface area contributed by atoms with Gasteiger partial charge in [-0.05, 0) is 26.1 Å². The number of nitrogens with one attached hydrogen (secondary N) is 1. The van der Waals surface area contributed by atoms with Gasteiger partial charge in [0, 0.05) is 12.7 Å². The second-order valence-corrected chi connectivity index (χ2v) is 3.21. The molecule has 1 aromatic heterocycles. The SMILES string of the molecule is CNCC(C)Oc1ncccc1C(N)=O. The van der Waals surface area contributed by atoms with Crippen LogP contribution in [-0.4, -0.2) is 30.6 Å². The highest BCUT2D eigenvalue weighted by Gasteiger charge is 2.12. The lowest BCUT2D eigenvalue weighted by Crippen LogP contribution is -2.27. The molecule has 1 rings (SSSR count). The molecule has 0 aliphatic heterocycles. The summed E-state index contributed by atoms with van der Waals surface area (Å²) < 4.78 is 5.47. The van der Waals surface area contributed by atoms with Gasteiger partial charge < -0.3 is 15.8 Å². The molecule has 1 unspecified atom stereocenters. The summed E-state index contributed by atoms with van der Waals surface area (Å²) in [6.45, 7) is 2.56. The van der Waals surface area contributed by atoms with Crippen molar-refractivity contribution in [2.75, 3.05) is 13.6 Å². The predicted octanol–water partition coefficient (Wildman–Crippen LogP) is 0.167. The van der Waals surface area contributed by atoms with Crippen LogP contribution >= 0.6 is 0 Å². The fraction of sp³-hybridized carbons (Fsp3) is 0.400. The number of nitrogens with two attached hydrogens (primary N) is 1. The lowest BCUT2D eigenvalue weighted by molar-refractivity contribution is 0.0992. The maximum Gasteiger partial charge on any atom is 0.254 e. The summed E-state index contributed by atoms with van der Waals surface area (Å²) in [6, 6.07) is 3.24. The number of ether oxygens (including phenoxy) is 1. The van der Waals surface area contributed by atoms with E-state index in [1.807, 2.05) is 14.0 Å². The van der Waals surface area contributed by atoms with E-state index in [1.54, 1.807) is 18.3 Å². The number of aromatic nitrogens is 1. The van der Waals surface area contributed by atoms with Crippen LogP contribution in [0.3, 0.4) is 0 Å². The molecule has 1 aromatic rings. The molecule has 0 radical (unpaired) electrons. The Morgan fingerprint density at radius 3 is 3.07 bits per heavy atom. The second-order valence-electron chi connectivity index (χ2n) is 3.21. The third-order valence-corrected chi connectivity index (χ3v) is 1.84. The fourth-order valence-corrected chi connectivity index (χ4v) is 1.19. The molecular formula is C10H15N3O2. The van der Waals surface area contributed by atoms with Gasteiger partial charge >= 0.3 is 0 Å². The van der Waals surface area contributed by atoms with Crippen LogP contribution in [0.2, 0.25) is 0 Å². The summed E-state index contributed by atoms with van der Waals surface area (Å²) in [5.74, 6) is -0.248. The normalized spacial score (nSPS) is 12.1. The first-order valence-electron chi connectivity index (χ1n) is 4.71. The largest absolute Gasteiger partial charge is 0.473 e.